The molecule has 0 aromatic heterocycles. The molecule has 5 heteroatoms. The van der Waals surface area contributed by atoms with Gasteiger partial charge in [-0.2, -0.15) is 13.2 Å². The molecule has 0 aliphatic carbocycles. The van der Waals surface area contributed by atoms with Gasteiger partial charge in [0, 0.05) is 0 Å². The van der Waals surface area contributed by atoms with Crippen molar-refractivity contribution >= 4 is 16.7 Å². The molecule has 2 aromatic rings. The maximum Gasteiger partial charge on any atom is 0.417 e. The Morgan fingerprint density at radius 3 is 2.06 bits per heavy atom. The Labute approximate surface area is 94.3 Å². The highest BCUT2D eigenvalue weighted by Crippen LogP contribution is 2.34. The van der Waals surface area contributed by atoms with E-state index in [0.29, 0.717) is 10.8 Å². The number of halogens is 3. The van der Waals surface area contributed by atoms with Crippen molar-refractivity contribution in [3.8, 4) is 0 Å². The number of alkyl halides is 3. The lowest BCUT2D eigenvalue weighted by Gasteiger charge is -2.11. The molecule has 1 N–H and O–H groups in total. The van der Waals surface area contributed by atoms with E-state index in [9.17, 15) is 18.0 Å². The van der Waals surface area contributed by atoms with Gasteiger partial charge in [0.05, 0.1) is 11.1 Å². The summed E-state index contributed by atoms with van der Waals surface area (Å²) >= 11 is 0. The van der Waals surface area contributed by atoms with Crippen LogP contribution in [0.5, 0.6) is 0 Å². The van der Waals surface area contributed by atoms with Crippen LogP contribution in [0.25, 0.3) is 10.8 Å². The Kier molecular flexibility index (Phi) is 2.53. The zero-order chi connectivity index (χ0) is 12.6. The first kappa shape index (κ1) is 11.4. The highest BCUT2D eigenvalue weighted by atomic mass is 19.4. The monoisotopic (exact) mass is 240 g/mol. The predicted octanol–water partition coefficient (Wildman–Crippen LogP) is 3.56. The molecule has 0 amide bonds. The number of carboxylic acid groups (broad SMARTS) is 1. The second-order valence-corrected chi connectivity index (χ2v) is 3.55. The number of carbonyl (C=O) groups is 1. The number of hydrogen-bond donors (Lipinski definition) is 1. The Bertz CT molecular complexity index is 588. The molecule has 0 heterocycles. The molecule has 0 saturated carbocycles. The molecule has 0 bridgehead atoms. The fraction of sp³-hybridized carbons (Fsp3) is 0.0833. The molecule has 2 nitrogen and oxygen atoms in total. The van der Waals surface area contributed by atoms with E-state index in [4.69, 9.17) is 5.11 Å². The molecule has 0 spiro atoms. The van der Waals surface area contributed by atoms with Crippen molar-refractivity contribution in [3.05, 3.63) is 47.5 Å². The molecule has 2 rings (SSSR count). The lowest BCUT2D eigenvalue weighted by atomic mass is 10.0. The molecular weight excluding hydrogens is 233 g/mol. The Morgan fingerprint density at radius 1 is 1.06 bits per heavy atom. The van der Waals surface area contributed by atoms with E-state index in [1.807, 2.05) is 0 Å². The third-order valence-corrected chi connectivity index (χ3v) is 2.42. The van der Waals surface area contributed by atoms with Gasteiger partial charge in [0.2, 0.25) is 0 Å². The number of carboxylic acids is 1. The molecule has 0 atom stereocenters. The van der Waals surface area contributed by atoms with Crippen LogP contribution in [-0.4, -0.2) is 11.1 Å². The van der Waals surface area contributed by atoms with Crippen LogP contribution in [0.15, 0.2) is 36.4 Å². The van der Waals surface area contributed by atoms with Crippen LogP contribution in [0, 0.1) is 0 Å². The van der Waals surface area contributed by atoms with Crippen LogP contribution in [-0.2, 0) is 6.18 Å². The summed E-state index contributed by atoms with van der Waals surface area (Å²) < 4.78 is 38.0. The molecule has 0 fully saturated rings. The number of rotatable bonds is 1. The summed E-state index contributed by atoms with van der Waals surface area (Å²) in [5.74, 6) is -1.58. The summed E-state index contributed by atoms with van der Waals surface area (Å²) in [6.07, 6.45) is -4.67. The number of fused-ring (bicyclic) bond motifs is 1. The smallest absolute Gasteiger partial charge is 0.417 e. The summed E-state index contributed by atoms with van der Waals surface area (Å²) in [7, 11) is 0. The van der Waals surface area contributed by atoms with Gasteiger partial charge in [-0.3, -0.25) is 0 Å². The lowest BCUT2D eigenvalue weighted by Crippen LogP contribution is -2.12. The molecule has 88 valence electrons. The lowest BCUT2D eigenvalue weighted by molar-refractivity contribution is -0.138. The predicted molar refractivity (Wildman–Crippen MR) is 55.9 cm³/mol. The van der Waals surface area contributed by atoms with E-state index in [1.54, 1.807) is 18.2 Å². The average molecular weight is 240 g/mol. The van der Waals surface area contributed by atoms with Gasteiger partial charge in [0.25, 0.3) is 0 Å². The third-order valence-electron chi connectivity index (χ3n) is 2.42. The van der Waals surface area contributed by atoms with Gasteiger partial charge in [-0.05, 0) is 22.9 Å². The molecule has 0 saturated heterocycles. The van der Waals surface area contributed by atoms with Crippen LogP contribution in [0.4, 0.5) is 13.2 Å². The van der Waals surface area contributed by atoms with Crippen molar-refractivity contribution in [2.75, 3.05) is 0 Å². The molecule has 2 aromatic carbocycles. The fourth-order valence-electron chi connectivity index (χ4n) is 1.65. The summed E-state index contributed by atoms with van der Waals surface area (Å²) in [6.45, 7) is 0. The molecule has 0 unspecified atom stereocenters. The summed E-state index contributed by atoms with van der Waals surface area (Å²) in [5, 5.41) is 9.62. The van der Waals surface area contributed by atoms with Gasteiger partial charge in [0.1, 0.15) is 0 Å². The van der Waals surface area contributed by atoms with Crippen molar-refractivity contribution in [1.29, 1.82) is 0 Å². The first-order valence-corrected chi connectivity index (χ1v) is 4.73. The second-order valence-electron chi connectivity index (χ2n) is 3.55. The Balaban J connectivity index is 2.80. The van der Waals surface area contributed by atoms with Crippen molar-refractivity contribution in [2.45, 2.75) is 6.18 Å². The summed E-state index contributed by atoms with van der Waals surface area (Å²) in [4.78, 5) is 10.8. The SMILES string of the molecule is O=C(O)c1cc2ccccc2cc1C(F)(F)F. The third kappa shape index (κ3) is 2.08. The highest BCUT2D eigenvalue weighted by molar-refractivity contribution is 5.96. The Hall–Kier alpha value is -2.04. The van der Waals surface area contributed by atoms with Crippen LogP contribution >= 0.6 is 0 Å². The van der Waals surface area contributed by atoms with E-state index in [-0.39, 0.29) is 0 Å². The van der Waals surface area contributed by atoms with Gasteiger partial charge in [0.15, 0.2) is 0 Å². The van der Waals surface area contributed by atoms with Gasteiger partial charge in [-0.1, -0.05) is 24.3 Å². The minimum atomic E-state index is -4.67. The van der Waals surface area contributed by atoms with Crippen LogP contribution < -0.4 is 0 Å². The fourth-order valence-corrected chi connectivity index (χ4v) is 1.65. The standard InChI is InChI=1S/C12H7F3O2/c13-12(14,15)10-6-8-4-2-1-3-7(8)5-9(10)11(16)17/h1-6H,(H,16,17). The first-order valence-electron chi connectivity index (χ1n) is 4.73. The van der Waals surface area contributed by atoms with Gasteiger partial charge >= 0.3 is 12.1 Å². The van der Waals surface area contributed by atoms with E-state index in [0.717, 1.165) is 12.1 Å². The molecule has 0 aliphatic heterocycles. The van der Waals surface area contributed by atoms with E-state index in [1.165, 1.54) is 6.07 Å². The zero-order valence-electron chi connectivity index (χ0n) is 8.45. The molecule has 0 aliphatic rings. The maximum atomic E-state index is 12.7. The van der Waals surface area contributed by atoms with Gasteiger partial charge in [-0.15, -0.1) is 0 Å². The molecule has 0 radical (unpaired) electrons. The summed E-state index contributed by atoms with van der Waals surface area (Å²) in [6, 6.07) is 8.22. The van der Waals surface area contributed by atoms with Crippen molar-refractivity contribution in [3.63, 3.8) is 0 Å². The van der Waals surface area contributed by atoms with Crippen molar-refractivity contribution in [1.82, 2.24) is 0 Å². The van der Waals surface area contributed by atoms with Crippen LogP contribution in [0.3, 0.4) is 0 Å². The summed E-state index contributed by atoms with van der Waals surface area (Å²) in [5.41, 5.74) is -1.85. The van der Waals surface area contributed by atoms with Crippen LogP contribution in [0.2, 0.25) is 0 Å². The van der Waals surface area contributed by atoms with Crippen LogP contribution in [0.1, 0.15) is 15.9 Å². The van der Waals surface area contributed by atoms with E-state index >= 15 is 0 Å². The highest BCUT2D eigenvalue weighted by Gasteiger charge is 2.35. The maximum absolute atomic E-state index is 12.7. The average Bonchev–Trinajstić information content (AvgIpc) is 2.26. The normalized spacial score (nSPS) is 11.7. The first-order chi connectivity index (χ1) is 7.89. The minimum absolute atomic E-state index is 0.366. The largest absolute Gasteiger partial charge is 0.478 e. The Morgan fingerprint density at radius 2 is 1.59 bits per heavy atom. The van der Waals surface area contributed by atoms with E-state index < -0.39 is 23.3 Å². The van der Waals surface area contributed by atoms with Gasteiger partial charge < -0.3 is 5.11 Å². The topological polar surface area (TPSA) is 37.3 Å². The van der Waals surface area contributed by atoms with Crippen molar-refractivity contribution < 1.29 is 23.1 Å². The molecule has 17 heavy (non-hydrogen) atoms. The number of hydrogen-bond acceptors (Lipinski definition) is 1. The molecular formula is C12H7F3O2. The zero-order valence-corrected chi connectivity index (χ0v) is 8.45. The number of aromatic carboxylic acids is 1. The quantitative estimate of drug-likeness (QED) is 0.827. The number of benzene rings is 2. The minimum Gasteiger partial charge on any atom is -0.478 e. The van der Waals surface area contributed by atoms with E-state index in [2.05, 4.69) is 0 Å². The van der Waals surface area contributed by atoms with Crippen molar-refractivity contribution in [2.24, 2.45) is 0 Å². The van der Waals surface area contributed by atoms with Gasteiger partial charge in [-0.25, -0.2) is 4.79 Å². The second kappa shape index (κ2) is 3.76.